The maximum Gasteiger partial charge on any atom is 0.146 e. The van der Waals surface area contributed by atoms with Crippen LogP contribution in [-0.4, -0.2) is 0 Å². The van der Waals surface area contributed by atoms with Crippen molar-refractivity contribution in [3.05, 3.63) is 83.7 Å². The number of ether oxygens (including phenoxy) is 2. The first kappa shape index (κ1) is 16.0. The SMILES string of the molecule is N#Cc1cccc(Oc2ccc(Oc3ccc(F)cc3)cc2)c1C#N. The summed E-state index contributed by atoms with van der Waals surface area (Å²) >= 11 is 0. The van der Waals surface area contributed by atoms with Gasteiger partial charge in [0, 0.05) is 0 Å². The molecule has 0 N–H and O–H groups in total. The highest BCUT2D eigenvalue weighted by Crippen LogP contribution is 2.29. The zero-order chi connectivity index (χ0) is 17.6. The van der Waals surface area contributed by atoms with E-state index in [0.717, 1.165) is 0 Å². The Morgan fingerprint density at radius 2 is 1.24 bits per heavy atom. The molecule has 0 amide bonds. The summed E-state index contributed by atoms with van der Waals surface area (Å²) in [7, 11) is 0. The summed E-state index contributed by atoms with van der Waals surface area (Å²) < 4.78 is 24.2. The molecule has 120 valence electrons. The van der Waals surface area contributed by atoms with E-state index in [1.807, 2.05) is 12.1 Å². The number of nitrogens with zero attached hydrogens (tertiary/aromatic N) is 2. The molecule has 25 heavy (non-hydrogen) atoms. The molecule has 0 aliphatic carbocycles. The van der Waals surface area contributed by atoms with Gasteiger partial charge < -0.3 is 9.47 Å². The molecule has 5 heteroatoms. The maximum atomic E-state index is 12.9. The Hall–Kier alpha value is -3.83. The number of hydrogen-bond acceptors (Lipinski definition) is 4. The second-order valence-corrected chi connectivity index (χ2v) is 5.03. The molecule has 0 spiro atoms. The molecule has 3 aromatic carbocycles. The Bertz CT molecular complexity index is 969. The molecule has 0 atom stereocenters. The van der Waals surface area contributed by atoms with E-state index in [9.17, 15) is 9.65 Å². The topological polar surface area (TPSA) is 66.0 Å². The first-order valence-corrected chi connectivity index (χ1v) is 7.34. The van der Waals surface area contributed by atoms with Crippen LogP contribution in [0.15, 0.2) is 66.7 Å². The highest BCUT2D eigenvalue weighted by Gasteiger charge is 2.10. The van der Waals surface area contributed by atoms with Crippen molar-refractivity contribution in [1.29, 1.82) is 10.5 Å². The summed E-state index contributed by atoms with van der Waals surface area (Å²) in [4.78, 5) is 0. The molecule has 0 aromatic heterocycles. The van der Waals surface area contributed by atoms with Gasteiger partial charge in [0.1, 0.15) is 46.5 Å². The molecule has 0 radical (unpaired) electrons. The molecule has 0 saturated heterocycles. The quantitative estimate of drug-likeness (QED) is 0.663. The van der Waals surface area contributed by atoms with Gasteiger partial charge in [0.2, 0.25) is 0 Å². The van der Waals surface area contributed by atoms with Crippen molar-refractivity contribution in [3.8, 4) is 35.1 Å². The predicted octanol–water partition coefficient (Wildman–Crippen LogP) is 5.15. The van der Waals surface area contributed by atoms with Crippen molar-refractivity contribution in [1.82, 2.24) is 0 Å². The van der Waals surface area contributed by atoms with Gasteiger partial charge in [0.15, 0.2) is 0 Å². The fourth-order valence-electron chi connectivity index (χ4n) is 2.17. The number of hydrogen-bond donors (Lipinski definition) is 0. The van der Waals surface area contributed by atoms with Gasteiger partial charge in [-0.2, -0.15) is 10.5 Å². The summed E-state index contributed by atoms with van der Waals surface area (Å²) in [5.41, 5.74) is 0.452. The average molecular weight is 330 g/mol. The van der Waals surface area contributed by atoms with Crippen LogP contribution in [0.4, 0.5) is 4.39 Å². The molecule has 0 fully saturated rings. The summed E-state index contributed by atoms with van der Waals surface area (Å²) in [5.74, 6) is 1.56. The van der Waals surface area contributed by atoms with E-state index in [-0.39, 0.29) is 16.9 Å². The van der Waals surface area contributed by atoms with Crippen LogP contribution in [-0.2, 0) is 0 Å². The number of rotatable bonds is 4. The van der Waals surface area contributed by atoms with Crippen LogP contribution >= 0.6 is 0 Å². The Labute approximate surface area is 143 Å². The molecule has 3 aromatic rings. The third kappa shape index (κ3) is 3.74. The molecule has 3 rings (SSSR count). The molecule has 0 saturated carbocycles. The van der Waals surface area contributed by atoms with E-state index in [4.69, 9.17) is 14.7 Å². The molecular weight excluding hydrogens is 319 g/mol. The summed E-state index contributed by atoms with van der Waals surface area (Å²) in [6.07, 6.45) is 0. The van der Waals surface area contributed by atoms with Gasteiger partial charge in [-0.15, -0.1) is 0 Å². The molecule has 0 aliphatic heterocycles. The van der Waals surface area contributed by atoms with Gasteiger partial charge in [-0.05, 0) is 60.7 Å². The Balaban J connectivity index is 1.77. The van der Waals surface area contributed by atoms with Crippen molar-refractivity contribution < 1.29 is 13.9 Å². The van der Waals surface area contributed by atoms with Gasteiger partial charge in [-0.3, -0.25) is 0 Å². The smallest absolute Gasteiger partial charge is 0.146 e. The monoisotopic (exact) mass is 330 g/mol. The van der Waals surface area contributed by atoms with Crippen LogP contribution in [0.2, 0.25) is 0 Å². The zero-order valence-electron chi connectivity index (χ0n) is 12.9. The van der Waals surface area contributed by atoms with Crippen molar-refractivity contribution >= 4 is 0 Å². The number of halogens is 1. The summed E-state index contributed by atoms with van der Waals surface area (Å²) in [6.45, 7) is 0. The van der Waals surface area contributed by atoms with Crippen molar-refractivity contribution in [2.45, 2.75) is 0 Å². The number of benzene rings is 3. The second-order valence-electron chi connectivity index (χ2n) is 5.03. The van der Waals surface area contributed by atoms with E-state index in [1.165, 1.54) is 24.3 Å². The first-order valence-electron chi connectivity index (χ1n) is 7.34. The minimum Gasteiger partial charge on any atom is -0.457 e. The van der Waals surface area contributed by atoms with E-state index in [0.29, 0.717) is 23.0 Å². The maximum absolute atomic E-state index is 12.9. The third-order valence-electron chi connectivity index (χ3n) is 3.36. The van der Waals surface area contributed by atoms with Crippen molar-refractivity contribution in [2.24, 2.45) is 0 Å². The summed E-state index contributed by atoms with van der Waals surface area (Å²) in [5, 5.41) is 18.2. The van der Waals surface area contributed by atoms with Crippen molar-refractivity contribution in [2.75, 3.05) is 0 Å². The first-order chi connectivity index (χ1) is 12.2. The fourth-order valence-corrected chi connectivity index (χ4v) is 2.17. The molecule has 0 heterocycles. The number of nitriles is 2. The van der Waals surface area contributed by atoms with E-state index in [1.54, 1.807) is 42.5 Å². The molecule has 0 unspecified atom stereocenters. The molecule has 0 bridgehead atoms. The normalized spacial score (nSPS) is 9.72. The van der Waals surface area contributed by atoms with Crippen LogP contribution < -0.4 is 9.47 Å². The fraction of sp³-hybridized carbons (Fsp3) is 0. The van der Waals surface area contributed by atoms with Crippen LogP contribution in [0.5, 0.6) is 23.0 Å². The highest BCUT2D eigenvalue weighted by atomic mass is 19.1. The Morgan fingerprint density at radius 3 is 1.80 bits per heavy atom. The van der Waals surface area contributed by atoms with Gasteiger partial charge in [-0.1, -0.05) is 6.07 Å². The van der Waals surface area contributed by atoms with Crippen molar-refractivity contribution in [3.63, 3.8) is 0 Å². The second kappa shape index (κ2) is 7.16. The minimum atomic E-state index is -0.330. The van der Waals surface area contributed by atoms with E-state index in [2.05, 4.69) is 0 Å². The standard InChI is InChI=1S/C20H11FN2O2/c21-15-4-6-16(7-5-15)24-17-8-10-18(11-9-17)25-20-3-1-2-14(12-22)19(20)13-23/h1-11H. The lowest BCUT2D eigenvalue weighted by Crippen LogP contribution is -1.91. The zero-order valence-corrected chi connectivity index (χ0v) is 12.9. The lowest BCUT2D eigenvalue weighted by Gasteiger charge is -2.09. The third-order valence-corrected chi connectivity index (χ3v) is 3.36. The Morgan fingerprint density at radius 1 is 0.680 bits per heavy atom. The van der Waals surface area contributed by atoms with Crippen LogP contribution in [0.1, 0.15) is 11.1 Å². The Kier molecular flexibility index (Phi) is 4.60. The average Bonchev–Trinajstić information content (AvgIpc) is 2.65. The minimum absolute atomic E-state index is 0.191. The predicted molar refractivity (Wildman–Crippen MR) is 88.9 cm³/mol. The van der Waals surface area contributed by atoms with Crippen LogP contribution in [0, 0.1) is 28.5 Å². The van der Waals surface area contributed by atoms with Crippen LogP contribution in [0.3, 0.4) is 0 Å². The lowest BCUT2D eigenvalue weighted by atomic mass is 10.1. The van der Waals surface area contributed by atoms with Gasteiger partial charge in [-0.25, -0.2) is 4.39 Å². The van der Waals surface area contributed by atoms with Crippen LogP contribution in [0.25, 0.3) is 0 Å². The lowest BCUT2D eigenvalue weighted by molar-refractivity contribution is 0.467. The van der Waals surface area contributed by atoms with Gasteiger partial charge in [0.05, 0.1) is 5.56 Å². The van der Waals surface area contributed by atoms with Gasteiger partial charge >= 0.3 is 0 Å². The molecule has 4 nitrogen and oxygen atoms in total. The molecular formula is C20H11FN2O2. The van der Waals surface area contributed by atoms with E-state index >= 15 is 0 Å². The highest BCUT2D eigenvalue weighted by molar-refractivity contribution is 5.55. The van der Waals surface area contributed by atoms with E-state index < -0.39 is 0 Å². The molecule has 0 aliphatic rings. The van der Waals surface area contributed by atoms with Gasteiger partial charge in [0.25, 0.3) is 0 Å². The summed E-state index contributed by atoms with van der Waals surface area (Å²) in [6, 6.07) is 21.2. The largest absolute Gasteiger partial charge is 0.457 e.